The van der Waals surface area contributed by atoms with Crippen molar-refractivity contribution in [1.82, 2.24) is 10.6 Å². The zero-order chi connectivity index (χ0) is 19.5. The number of benzene rings is 2. The fourth-order valence-corrected chi connectivity index (χ4v) is 2.51. The van der Waals surface area contributed by atoms with Crippen molar-refractivity contribution in [3.05, 3.63) is 65.4 Å². The summed E-state index contributed by atoms with van der Waals surface area (Å²) in [6, 6.07) is 13.7. The second-order valence-electron chi connectivity index (χ2n) is 6.04. The Hall–Kier alpha value is -2.95. The number of urea groups is 1. The minimum atomic E-state index is -0.227. The van der Waals surface area contributed by atoms with Crippen LogP contribution in [0, 0.1) is 6.92 Å². The third-order valence-electron chi connectivity index (χ3n) is 3.87. The van der Waals surface area contributed by atoms with Crippen molar-refractivity contribution in [1.29, 1.82) is 0 Å². The standard InChI is InChI=1S/C22H28N2O3/c1-4-26-20-11-10-19(16-21(20)27-5-2)13-15-24-22(25)23-14-12-18-8-6-17(3)7-9-18/h6-12,14,16H,4-5,13,15H2,1-3H3,(H2,23,24,25)/b14-12+. The van der Waals surface area contributed by atoms with Gasteiger partial charge in [0.1, 0.15) is 0 Å². The average molecular weight is 368 g/mol. The van der Waals surface area contributed by atoms with Gasteiger partial charge < -0.3 is 20.1 Å². The van der Waals surface area contributed by atoms with Crippen LogP contribution in [0.3, 0.4) is 0 Å². The molecule has 0 aliphatic rings. The summed E-state index contributed by atoms with van der Waals surface area (Å²) < 4.78 is 11.2. The number of carbonyl (C=O) groups is 1. The van der Waals surface area contributed by atoms with Gasteiger partial charge in [-0.3, -0.25) is 0 Å². The molecule has 2 amide bonds. The van der Waals surface area contributed by atoms with Crippen molar-refractivity contribution in [2.24, 2.45) is 0 Å². The van der Waals surface area contributed by atoms with E-state index in [0.717, 1.165) is 22.6 Å². The summed E-state index contributed by atoms with van der Waals surface area (Å²) in [5.41, 5.74) is 3.33. The monoisotopic (exact) mass is 368 g/mol. The van der Waals surface area contributed by atoms with Crippen molar-refractivity contribution >= 4 is 12.1 Å². The zero-order valence-corrected chi connectivity index (χ0v) is 16.2. The van der Waals surface area contributed by atoms with E-state index in [1.165, 1.54) is 5.56 Å². The van der Waals surface area contributed by atoms with Crippen LogP contribution in [0.5, 0.6) is 11.5 Å². The largest absolute Gasteiger partial charge is 0.490 e. The third kappa shape index (κ3) is 7.05. The topological polar surface area (TPSA) is 59.6 Å². The highest BCUT2D eigenvalue weighted by atomic mass is 16.5. The van der Waals surface area contributed by atoms with E-state index in [2.05, 4.69) is 10.6 Å². The number of hydrogen-bond donors (Lipinski definition) is 2. The minimum Gasteiger partial charge on any atom is -0.490 e. The van der Waals surface area contributed by atoms with Crippen molar-refractivity contribution in [2.45, 2.75) is 27.2 Å². The molecule has 5 nitrogen and oxygen atoms in total. The summed E-state index contributed by atoms with van der Waals surface area (Å²) in [6.07, 6.45) is 4.21. The lowest BCUT2D eigenvalue weighted by molar-refractivity contribution is 0.244. The van der Waals surface area contributed by atoms with Crippen molar-refractivity contribution in [3.8, 4) is 11.5 Å². The Bertz CT molecular complexity index is 755. The summed E-state index contributed by atoms with van der Waals surface area (Å²) in [5.74, 6) is 1.48. The van der Waals surface area contributed by atoms with Gasteiger partial charge in [0.2, 0.25) is 0 Å². The molecule has 0 aliphatic carbocycles. The van der Waals surface area contributed by atoms with E-state index < -0.39 is 0 Å². The maximum atomic E-state index is 11.9. The SMILES string of the molecule is CCOc1ccc(CCNC(=O)N/C=C/c2ccc(C)cc2)cc1OCC. The predicted molar refractivity (Wildman–Crippen MR) is 109 cm³/mol. The second-order valence-corrected chi connectivity index (χ2v) is 6.04. The molecule has 0 saturated heterocycles. The van der Waals surface area contributed by atoms with E-state index in [1.54, 1.807) is 6.20 Å². The van der Waals surface area contributed by atoms with Crippen LogP contribution in [0.2, 0.25) is 0 Å². The Labute approximate surface area is 161 Å². The third-order valence-corrected chi connectivity index (χ3v) is 3.87. The molecule has 0 radical (unpaired) electrons. The molecule has 0 bridgehead atoms. The van der Waals surface area contributed by atoms with Gasteiger partial charge in [0.05, 0.1) is 13.2 Å². The van der Waals surface area contributed by atoms with Crippen molar-refractivity contribution < 1.29 is 14.3 Å². The highest BCUT2D eigenvalue weighted by Gasteiger charge is 2.06. The first-order valence-electron chi connectivity index (χ1n) is 9.28. The normalized spacial score (nSPS) is 10.6. The van der Waals surface area contributed by atoms with Gasteiger partial charge >= 0.3 is 6.03 Å². The molecular formula is C22H28N2O3. The lowest BCUT2D eigenvalue weighted by atomic mass is 10.1. The van der Waals surface area contributed by atoms with E-state index in [1.807, 2.05) is 69.3 Å². The summed E-state index contributed by atoms with van der Waals surface area (Å²) in [6.45, 7) is 7.64. The van der Waals surface area contributed by atoms with E-state index in [9.17, 15) is 4.79 Å². The maximum absolute atomic E-state index is 11.9. The quantitative estimate of drug-likeness (QED) is 0.693. The molecule has 0 atom stereocenters. The molecule has 0 heterocycles. The first kappa shape index (κ1) is 20.4. The zero-order valence-electron chi connectivity index (χ0n) is 16.2. The highest BCUT2D eigenvalue weighted by Crippen LogP contribution is 2.28. The van der Waals surface area contributed by atoms with Gasteiger partial charge in [0.25, 0.3) is 0 Å². The molecular weight excluding hydrogens is 340 g/mol. The summed E-state index contributed by atoms with van der Waals surface area (Å²) in [7, 11) is 0. The molecule has 2 aromatic rings. The van der Waals surface area contributed by atoms with Gasteiger partial charge in [0, 0.05) is 12.7 Å². The molecule has 0 aliphatic heterocycles. The maximum Gasteiger partial charge on any atom is 0.318 e. The molecule has 0 saturated carbocycles. The first-order chi connectivity index (χ1) is 13.1. The smallest absolute Gasteiger partial charge is 0.318 e. The summed E-state index contributed by atoms with van der Waals surface area (Å²) in [5, 5.41) is 5.56. The van der Waals surface area contributed by atoms with Crippen LogP contribution in [-0.2, 0) is 6.42 Å². The van der Waals surface area contributed by atoms with Crippen LogP contribution in [0.25, 0.3) is 6.08 Å². The van der Waals surface area contributed by atoms with Crippen molar-refractivity contribution in [2.75, 3.05) is 19.8 Å². The van der Waals surface area contributed by atoms with Crippen molar-refractivity contribution in [3.63, 3.8) is 0 Å². The minimum absolute atomic E-state index is 0.227. The van der Waals surface area contributed by atoms with E-state index in [-0.39, 0.29) is 6.03 Å². The Kier molecular flexibility index (Phi) is 8.23. The second kappa shape index (κ2) is 10.9. The highest BCUT2D eigenvalue weighted by molar-refractivity contribution is 5.75. The predicted octanol–water partition coefficient (Wildman–Crippen LogP) is 4.31. The molecule has 2 N–H and O–H groups in total. The fraction of sp³-hybridized carbons (Fsp3) is 0.318. The molecule has 5 heteroatoms. The van der Waals surface area contributed by atoms with Crippen LogP contribution < -0.4 is 20.1 Å². The molecule has 27 heavy (non-hydrogen) atoms. The van der Waals surface area contributed by atoms with Gasteiger partial charge in [-0.2, -0.15) is 0 Å². The Morgan fingerprint density at radius 1 is 1.00 bits per heavy atom. The molecule has 0 spiro atoms. The first-order valence-corrected chi connectivity index (χ1v) is 9.28. The number of hydrogen-bond acceptors (Lipinski definition) is 3. The van der Waals surface area contributed by atoms with E-state index >= 15 is 0 Å². The number of nitrogens with one attached hydrogen (secondary N) is 2. The summed E-state index contributed by atoms with van der Waals surface area (Å²) in [4.78, 5) is 11.9. The van der Waals surface area contributed by atoms with Crippen LogP contribution in [0.1, 0.15) is 30.5 Å². The lowest BCUT2D eigenvalue weighted by Crippen LogP contribution is -2.33. The Balaban J connectivity index is 1.78. The number of ether oxygens (including phenoxy) is 2. The lowest BCUT2D eigenvalue weighted by Gasteiger charge is -2.12. The molecule has 2 aromatic carbocycles. The van der Waals surface area contributed by atoms with Crippen LogP contribution in [-0.4, -0.2) is 25.8 Å². The van der Waals surface area contributed by atoms with Gasteiger partial charge in [-0.05, 0) is 56.5 Å². The number of rotatable bonds is 9. The number of amides is 2. The molecule has 2 rings (SSSR count). The Morgan fingerprint density at radius 3 is 2.41 bits per heavy atom. The summed E-state index contributed by atoms with van der Waals surface area (Å²) >= 11 is 0. The molecule has 0 fully saturated rings. The van der Waals surface area contributed by atoms with E-state index in [0.29, 0.717) is 26.2 Å². The van der Waals surface area contributed by atoms with Gasteiger partial charge in [-0.1, -0.05) is 35.9 Å². The average Bonchev–Trinajstić information content (AvgIpc) is 2.66. The van der Waals surface area contributed by atoms with Crippen LogP contribution >= 0.6 is 0 Å². The van der Waals surface area contributed by atoms with Gasteiger partial charge in [0.15, 0.2) is 11.5 Å². The number of aryl methyl sites for hydroxylation is 1. The van der Waals surface area contributed by atoms with Gasteiger partial charge in [-0.15, -0.1) is 0 Å². The molecule has 0 unspecified atom stereocenters. The fourth-order valence-electron chi connectivity index (χ4n) is 2.51. The van der Waals surface area contributed by atoms with Gasteiger partial charge in [-0.25, -0.2) is 4.79 Å². The molecule has 0 aromatic heterocycles. The molecule has 144 valence electrons. The van der Waals surface area contributed by atoms with E-state index in [4.69, 9.17) is 9.47 Å². The van der Waals surface area contributed by atoms with Crippen LogP contribution in [0.15, 0.2) is 48.7 Å². The Morgan fingerprint density at radius 2 is 1.70 bits per heavy atom. The van der Waals surface area contributed by atoms with Crippen LogP contribution in [0.4, 0.5) is 4.79 Å². The number of carbonyl (C=O) groups excluding carboxylic acids is 1.